The van der Waals surface area contributed by atoms with Gasteiger partial charge in [-0.25, -0.2) is 8.78 Å². The van der Waals surface area contributed by atoms with Gasteiger partial charge in [0.15, 0.2) is 5.11 Å². The van der Waals surface area contributed by atoms with E-state index in [4.69, 9.17) is 22.2 Å². The maximum atomic E-state index is 15.2. The molecule has 1 aromatic carbocycles. The highest BCUT2D eigenvalue weighted by Crippen LogP contribution is 2.45. The van der Waals surface area contributed by atoms with Gasteiger partial charge in [-0.2, -0.15) is 18.4 Å². The Morgan fingerprint density at radius 2 is 1.90 bits per heavy atom. The molecule has 0 aromatic heterocycles. The van der Waals surface area contributed by atoms with Crippen LogP contribution >= 0.6 is 12.2 Å². The van der Waals surface area contributed by atoms with Gasteiger partial charge in [-0.05, 0) is 62.7 Å². The summed E-state index contributed by atoms with van der Waals surface area (Å²) in [5.74, 6) is -7.70. The smallest absolute Gasteiger partial charge is 0.378 e. The fourth-order valence-corrected chi connectivity index (χ4v) is 5.58. The molecule has 0 N–H and O–H groups in total. The third kappa shape index (κ3) is 5.47. The maximum Gasteiger partial charge on any atom is 0.399 e. The van der Waals surface area contributed by atoms with Crippen molar-refractivity contribution in [1.82, 2.24) is 9.80 Å². The number of nitriles is 1. The molecule has 1 aliphatic carbocycles. The standard InChI is InChI=1S/C27H27F5N4O3S/c1-26(2)24(38)35(20-9-7-17(15-33)22(23(20)29)27(30,31)32)25(40)36(26)18-8-6-16(19(28)14-18)4-3-5-21(37)34-10-12-39-13-11-34/h6-9,14,17,22H,3-5,10-13H2,1-2H3. The number of ether oxygens (including phenoxy) is 1. The molecule has 2 heterocycles. The number of thiocarbonyl (C=S) groups is 1. The van der Waals surface area contributed by atoms with Crippen LogP contribution in [0.25, 0.3) is 0 Å². The minimum absolute atomic E-state index is 0.0322. The normalized spacial score (nSPS) is 23.2. The average Bonchev–Trinajstić information content (AvgIpc) is 3.07. The number of morpholine rings is 1. The van der Waals surface area contributed by atoms with Gasteiger partial charge in [0.1, 0.15) is 23.1 Å². The number of alkyl halides is 3. The molecule has 13 heteroatoms. The van der Waals surface area contributed by atoms with Crippen LogP contribution in [0.2, 0.25) is 0 Å². The zero-order valence-corrected chi connectivity index (χ0v) is 22.6. The first kappa shape index (κ1) is 29.6. The van der Waals surface area contributed by atoms with E-state index in [0.29, 0.717) is 43.2 Å². The van der Waals surface area contributed by atoms with E-state index >= 15 is 8.78 Å². The van der Waals surface area contributed by atoms with Gasteiger partial charge in [-0.3, -0.25) is 14.5 Å². The number of aryl methyl sites for hydroxylation is 1. The van der Waals surface area contributed by atoms with Crippen molar-refractivity contribution in [2.24, 2.45) is 11.8 Å². The summed E-state index contributed by atoms with van der Waals surface area (Å²) in [6, 6.07) is 5.58. The Balaban J connectivity index is 1.54. The summed E-state index contributed by atoms with van der Waals surface area (Å²) < 4.78 is 76.4. The highest BCUT2D eigenvalue weighted by Gasteiger charge is 2.55. The van der Waals surface area contributed by atoms with Crippen molar-refractivity contribution in [3.63, 3.8) is 0 Å². The van der Waals surface area contributed by atoms with Gasteiger partial charge in [0.25, 0.3) is 5.91 Å². The van der Waals surface area contributed by atoms with E-state index in [1.807, 2.05) is 0 Å². The molecule has 2 amide bonds. The van der Waals surface area contributed by atoms with E-state index in [1.165, 1.54) is 36.9 Å². The number of allylic oxidation sites excluding steroid dienone is 3. The molecule has 2 unspecified atom stereocenters. The minimum atomic E-state index is -5.08. The second kappa shape index (κ2) is 11.2. The highest BCUT2D eigenvalue weighted by atomic mass is 32.1. The molecule has 2 fully saturated rings. The lowest BCUT2D eigenvalue weighted by Crippen LogP contribution is -2.44. The summed E-state index contributed by atoms with van der Waals surface area (Å²) in [4.78, 5) is 29.3. The minimum Gasteiger partial charge on any atom is -0.378 e. The van der Waals surface area contributed by atoms with Crippen LogP contribution in [0.4, 0.5) is 27.6 Å². The predicted molar refractivity (Wildman–Crippen MR) is 139 cm³/mol. The van der Waals surface area contributed by atoms with Crippen molar-refractivity contribution in [3.8, 4) is 6.07 Å². The number of benzene rings is 1. The molecule has 7 nitrogen and oxygen atoms in total. The molecule has 0 spiro atoms. The number of hydrogen-bond acceptors (Lipinski definition) is 5. The molecular formula is C27H27F5N4O3S. The van der Waals surface area contributed by atoms with Crippen LogP contribution in [0.3, 0.4) is 0 Å². The zero-order chi connectivity index (χ0) is 29.4. The molecule has 2 saturated heterocycles. The second-order valence-electron chi connectivity index (χ2n) is 10.2. The van der Waals surface area contributed by atoms with E-state index in [0.717, 1.165) is 18.2 Å². The summed E-state index contributed by atoms with van der Waals surface area (Å²) in [5.41, 5.74) is -1.71. The monoisotopic (exact) mass is 582 g/mol. The van der Waals surface area contributed by atoms with Crippen LogP contribution < -0.4 is 4.90 Å². The SMILES string of the molecule is CC1(C)C(=O)N(C2=C(F)C(C(F)(F)F)C(C#N)C=C2)C(=S)N1c1ccc(CCCC(=O)N2CCOCC2)c(F)c1. The van der Waals surface area contributed by atoms with Gasteiger partial charge in [0, 0.05) is 25.2 Å². The lowest BCUT2D eigenvalue weighted by molar-refractivity contribution is -0.174. The maximum absolute atomic E-state index is 15.2. The lowest BCUT2D eigenvalue weighted by atomic mass is 9.86. The Kier molecular flexibility index (Phi) is 8.33. The van der Waals surface area contributed by atoms with Gasteiger partial charge >= 0.3 is 6.18 Å². The van der Waals surface area contributed by atoms with Crippen molar-refractivity contribution in [1.29, 1.82) is 5.26 Å². The number of rotatable bonds is 6. The molecular weight excluding hydrogens is 555 g/mol. The van der Waals surface area contributed by atoms with E-state index < -0.39 is 46.8 Å². The fraction of sp³-hybridized carbons (Fsp3) is 0.481. The molecule has 3 aliphatic rings. The van der Waals surface area contributed by atoms with E-state index in [1.54, 1.807) is 4.90 Å². The number of anilines is 1. The van der Waals surface area contributed by atoms with Crippen molar-refractivity contribution < 1.29 is 36.3 Å². The summed E-state index contributed by atoms with van der Waals surface area (Å²) in [6.07, 6.45) is -2.31. The van der Waals surface area contributed by atoms with E-state index in [2.05, 4.69) is 0 Å². The first-order valence-corrected chi connectivity index (χ1v) is 13.1. The largest absolute Gasteiger partial charge is 0.399 e. The van der Waals surface area contributed by atoms with Crippen molar-refractivity contribution in [3.05, 3.63) is 53.3 Å². The number of amides is 2. The summed E-state index contributed by atoms with van der Waals surface area (Å²) in [6.45, 7) is 4.90. The summed E-state index contributed by atoms with van der Waals surface area (Å²) >= 11 is 5.41. The van der Waals surface area contributed by atoms with Crippen LogP contribution in [-0.2, 0) is 20.7 Å². The zero-order valence-electron chi connectivity index (χ0n) is 21.8. The van der Waals surface area contributed by atoms with Crippen molar-refractivity contribution >= 4 is 34.8 Å². The Labute approximate surface area is 233 Å². The van der Waals surface area contributed by atoms with E-state index in [-0.39, 0.29) is 29.5 Å². The number of hydrogen-bond donors (Lipinski definition) is 0. The van der Waals surface area contributed by atoms with Gasteiger partial charge in [-0.15, -0.1) is 0 Å². The topological polar surface area (TPSA) is 76.9 Å². The summed E-state index contributed by atoms with van der Waals surface area (Å²) in [5, 5.41) is 8.77. The lowest BCUT2D eigenvalue weighted by Gasteiger charge is -2.30. The van der Waals surface area contributed by atoms with Crippen LogP contribution in [0.5, 0.6) is 0 Å². The van der Waals surface area contributed by atoms with E-state index in [9.17, 15) is 22.8 Å². The third-order valence-corrected chi connectivity index (χ3v) is 7.61. The molecule has 0 radical (unpaired) electrons. The van der Waals surface area contributed by atoms with Crippen LogP contribution in [0.15, 0.2) is 41.9 Å². The average molecular weight is 583 g/mol. The van der Waals surface area contributed by atoms with Crippen LogP contribution in [-0.4, -0.2) is 64.7 Å². The van der Waals surface area contributed by atoms with Crippen LogP contribution in [0, 0.1) is 29.0 Å². The molecule has 0 bridgehead atoms. The number of carbonyl (C=O) groups excluding carboxylic acids is 2. The number of carbonyl (C=O) groups is 2. The highest BCUT2D eigenvalue weighted by molar-refractivity contribution is 7.80. The second-order valence-corrected chi connectivity index (χ2v) is 10.6. The number of nitrogens with zero attached hydrogens (tertiary/aromatic N) is 4. The van der Waals surface area contributed by atoms with Gasteiger partial charge in [0.05, 0.1) is 30.9 Å². The quantitative estimate of drug-likeness (QED) is 0.355. The Morgan fingerprint density at radius 1 is 1.23 bits per heavy atom. The molecule has 1 aromatic rings. The Bertz CT molecular complexity index is 1310. The van der Waals surface area contributed by atoms with Crippen LogP contribution in [0.1, 0.15) is 32.3 Å². The Morgan fingerprint density at radius 3 is 2.50 bits per heavy atom. The van der Waals surface area contributed by atoms with Gasteiger partial charge in [-0.1, -0.05) is 12.1 Å². The molecule has 4 rings (SSSR count). The predicted octanol–water partition coefficient (Wildman–Crippen LogP) is 4.79. The fourth-order valence-electron chi connectivity index (χ4n) is 5.07. The third-order valence-electron chi connectivity index (χ3n) is 7.24. The first-order valence-electron chi connectivity index (χ1n) is 12.7. The molecule has 40 heavy (non-hydrogen) atoms. The Hall–Kier alpha value is -3.37. The first-order chi connectivity index (χ1) is 18.8. The number of halogens is 5. The van der Waals surface area contributed by atoms with Crippen molar-refractivity contribution in [2.45, 2.75) is 44.8 Å². The molecule has 2 aliphatic heterocycles. The van der Waals surface area contributed by atoms with Gasteiger partial charge in [0.2, 0.25) is 5.91 Å². The molecule has 2 atom stereocenters. The summed E-state index contributed by atoms with van der Waals surface area (Å²) in [7, 11) is 0. The molecule has 0 saturated carbocycles. The van der Waals surface area contributed by atoms with Gasteiger partial charge < -0.3 is 14.5 Å². The van der Waals surface area contributed by atoms with Crippen molar-refractivity contribution in [2.75, 3.05) is 31.2 Å². The molecule has 214 valence electrons.